The number of aromatic nitrogens is 1. The van der Waals surface area contributed by atoms with Gasteiger partial charge in [0.2, 0.25) is 0 Å². The van der Waals surface area contributed by atoms with Gasteiger partial charge >= 0.3 is 0 Å². The van der Waals surface area contributed by atoms with Crippen molar-refractivity contribution in [3.63, 3.8) is 0 Å². The molecule has 22 heavy (non-hydrogen) atoms. The van der Waals surface area contributed by atoms with Crippen molar-refractivity contribution in [2.45, 2.75) is 20.3 Å². The molecule has 0 radical (unpaired) electrons. The molecule has 0 aliphatic heterocycles. The van der Waals surface area contributed by atoms with E-state index >= 15 is 0 Å². The zero-order chi connectivity index (χ0) is 15.7. The molecule has 3 heteroatoms. The Labute approximate surface area is 130 Å². The van der Waals surface area contributed by atoms with Gasteiger partial charge in [-0.2, -0.15) is 0 Å². The zero-order valence-corrected chi connectivity index (χ0v) is 12.9. The van der Waals surface area contributed by atoms with Crippen molar-refractivity contribution in [3.8, 4) is 11.3 Å². The van der Waals surface area contributed by atoms with Crippen LogP contribution in [-0.4, -0.2) is 10.9 Å². The molecule has 0 atom stereocenters. The van der Waals surface area contributed by atoms with Crippen LogP contribution in [0.15, 0.2) is 48.5 Å². The summed E-state index contributed by atoms with van der Waals surface area (Å²) in [6.45, 7) is 4.39. The number of nitrogens with two attached hydrogens (primary N) is 1. The number of benzene rings is 2. The average Bonchev–Trinajstić information content (AvgIpc) is 2.88. The van der Waals surface area contributed by atoms with E-state index in [9.17, 15) is 4.79 Å². The molecule has 0 saturated carbocycles. The molecule has 0 aliphatic carbocycles. The van der Waals surface area contributed by atoms with Gasteiger partial charge in [-0.15, -0.1) is 0 Å². The Morgan fingerprint density at radius 1 is 1.09 bits per heavy atom. The molecule has 3 rings (SSSR count). The number of fused-ring (bicyclic) bond motifs is 1. The Morgan fingerprint density at radius 2 is 1.82 bits per heavy atom. The Bertz CT molecular complexity index is 816. The minimum absolute atomic E-state index is 0.422. The third-order valence-electron chi connectivity index (χ3n) is 3.86. The summed E-state index contributed by atoms with van der Waals surface area (Å²) < 4.78 is 0. The van der Waals surface area contributed by atoms with Crippen LogP contribution in [-0.2, 0) is 6.42 Å². The largest absolute Gasteiger partial charge is 0.364 e. The number of carbonyl (C=O) groups excluding carboxylic acids is 1. The fraction of sp³-hybridized carbons (Fsp3) is 0.211. The summed E-state index contributed by atoms with van der Waals surface area (Å²) in [5.74, 6) is 0.120. The van der Waals surface area contributed by atoms with Crippen LogP contribution in [0, 0.1) is 5.92 Å². The maximum atomic E-state index is 11.8. The monoisotopic (exact) mass is 292 g/mol. The molecule has 0 bridgehead atoms. The van der Waals surface area contributed by atoms with Crippen molar-refractivity contribution in [1.29, 1.82) is 0 Å². The maximum Gasteiger partial charge on any atom is 0.265 e. The van der Waals surface area contributed by atoms with E-state index in [1.54, 1.807) is 0 Å². The summed E-state index contributed by atoms with van der Waals surface area (Å²) in [6.07, 6.45) is 0.966. The van der Waals surface area contributed by atoms with E-state index in [1.807, 2.05) is 42.5 Å². The first-order chi connectivity index (χ1) is 10.6. The molecule has 0 unspecified atom stereocenters. The van der Waals surface area contributed by atoms with E-state index < -0.39 is 5.91 Å². The highest BCUT2D eigenvalue weighted by atomic mass is 16.1. The molecule has 112 valence electrons. The topological polar surface area (TPSA) is 58.9 Å². The molecule has 3 aromatic rings. The second kappa shape index (κ2) is 5.68. The van der Waals surface area contributed by atoms with Crippen LogP contribution in [0.2, 0.25) is 0 Å². The molecule has 1 aromatic heterocycles. The first-order valence-electron chi connectivity index (χ1n) is 7.56. The van der Waals surface area contributed by atoms with E-state index in [-0.39, 0.29) is 0 Å². The predicted octanol–water partition coefficient (Wildman–Crippen LogP) is 4.13. The highest BCUT2D eigenvalue weighted by Crippen LogP contribution is 2.34. The maximum absolute atomic E-state index is 11.8. The van der Waals surface area contributed by atoms with Gasteiger partial charge in [0, 0.05) is 10.8 Å². The highest BCUT2D eigenvalue weighted by Gasteiger charge is 2.18. The molecule has 3 nitrogen and oxygen atoms in total. The van der Waals surface area contributed by atoms with Crippen molar-refractivity contribution in [1.82, 2.24) is 4.98 Å². The van der Waals surface area contributed by atoms with Crippen LogP contribution in [0.3, 0.4) is 0 Å². The van der Waals surface area contributed by atoms with E-state index in [1.165, 1.54) is 5.56 Å². The van der Waals surface area contributed by atoms with Gasteiger partial charge in [-0.3, -0.25) is 4.79 Å². The number of hydrogen-bond acceptors (Lipinski definition) is 1. The fourth-order valence-electron chi connectivity index (χ4n) is 2.98. The Balaban J connectivity index is 2.33. The summed E-state index contributed by atoms with van der Waals surface area (Å²) >= 11 is 0. The number of amides is 1. The summed E-state index contributed by atoms with van der Waals surface area (Å²) in [5, 5.41) is 2.01. The molecule has 0 saturated heterocycles. The first-order valence-corrected chi connectivity index (χ1v) is 7.56. The number of rotatable bonds is 4. The summed E-state index contributed by atoms with van der Waals surface area (Å²) in [7, 11) is 0. The zero-order valence-electron chi connectivity index (χ0n) is 12.9. The highest BCUT2D eigenvalue weighted by molar-refractivity contribution is 6.11. The van der Waals surface area contributed by atoms with Crippen LogP contribution in [0.5, 0.6) is 0 Å². The summed E-state index contributed by atoms with van der Waals surface area (Å²) in [4.78, 5) is 15.0. The standard InChI is InChI=1S/C19H20N2O/c1-12(2)11-14-9-6-10-15-16(14)17(21-18(15)19(20)22)13-7-4-3-5-8-13/h3-10,12,21H,11H2,1-2H3,(H2,20,22). The lowest BCUT2D eigenvalue weighted by molar-refractivity contribution is 0.0998. The molecular formula is C19H20N2O. The van der Waals surface area contributed by atoms with Crippen molar-refractivity contribution >= 4 is 16.7 Å². The number of H-pyrrole nitrogens is 1. The molecule has 0 aliphatic rings. The lowest BCUT2D eigenvalue weighted by Crippen LogP contribution is -2.11. The fourth-order valence-corrected chi connectivity index (χ4v) is 2.98. The summed E-state index contributed by atoms with van der Waals surface area (Å²) in [5.41, 5.74) is 9.32. The molecule has 0 fully saturated rings. The van der Waals surface area contributed by atoms with Gasteiger partial charge in [-0.1, -0.05) is 62.4 Å². The van der Waals surface area contributed by atoms with Crippen molar-refractivity contribution in [2.75, 3.05) is 0 Å². The Morgan fingerprint density at radius 3 is 2.45 bits per heavy atom. The third kappa shape index (κ3) is 2.50. The SMILES string of the molecule is CC(C)Cc1cccc2c(C(N)=O)[nH]c(-c3ccccc3)c12. The van der Waals surface area contributed by atoms with Crippen molar-refractivity contribution in [2.24, 2.45) is 11.7 Å². The first kappa shape index (κ1) is 14.4. The minimum atomic E-state index is -0.422. The molecule has 0 spiro atoms. The Hall–Kier alpha value is -2.55. The second-order valence-electron chi connectivity index (χ2n) is 6.04. The number of hydrogen-bond donors (Lipinski definition) is 2. The van der Waals surface area contributed by atoms with Gasteiger partial charge in [0.05, 0.1) is 5.69 Å². The lowest BCUT2D eigenvalue weighted by atomic mass is 9.95. The van der Waals surface area contributed by atoms with Crippen molar-refractivity contribution in [3.05, 3.63) is 59.8 Å². The van der Waals surface area contributed by atoms with Gasteiger partial charge in [0.15, 0.2) is 0 Å². The van der Waals surface area contributed by atoms with Crippen LogP contribution >= 0.6 is 0 Å². The van der Waals surface area contributed by atoms with Crippen LogP contribution in [0.1, 0.15) is 29.9 Å². The van der Waals surface area contributed by atoms with Gasteiger partial charge in [-0.25, -0.2) is 0 Å². The molecule has 1 heterocycles. The van der Waals surface area contributed by atoms with Gasteiger partial charge in [-0.05, 0) is 23.5 Å². The second-order valence-corrected chi connectivity index (χ2v) is 6.04. The molecule has 2 aromatic carbocycles. The minimum Gasteiger partial charge on any atom is -0.364 e. The number of primary amides is 1. The van der Waals surface area contributed by atoms with Crippen molar-refractivity contribution < 1.29 is 4.79 Å². The van der Waals surface area contributed by atoms with Crippen LogP contribution < -0.4 is 5.73 Å². The number of nitrogens with one attached hydrogen (secondary N) is 1. The number of carbonyl (C=O) groups is 1. The van der Waals surface area contributed by atoms with Gasteiger partial charge in [0.1, 0.15) is 5.69 Å². The van der Waals surface area contributed by atoms with E-state index in [4.69, 9.17) is 5.73 Å². The van der Waals surface area contributed by atoms with E-state index in [0.717, 1.165) is 28.5 Å². The molecular weight excluding hydrogens is 272 g/mol. The van der Waals surface area contributed by atoms with Crippen LogP contribution in [0.25, 0.3) is 22.0 Å². The molecule has 3 N–H and O–H groups in total. The number of aromatic amines is 1. The van der Waals surface area contributed by atoms with E-state index in [2.05, 4.69) is 24.9 Å². The van der Waals surface area contributed by atoms with Gasteiger partial charge < -0.3 is 10.7 Å². The summed E-state index contributed by atoms with van der Waals surface area (Å²) in [6, 6.07) is 16.2. The van der Waals surface area contributed by atoms with Gasteiger partial charge in [0.25, 0.3) is 5.91 Å². The lowest BCUT2D eigenvalue weighted by Gasteiger charge is -2.09. The predicted molar refractivity (Wildman–Crippen MR) is 90.8 cm³/mol. The molecule has 1 amide bonds. The Kier molecular flexibility index (Phi) is 3.72. The normalized spacial score (nSPS) is 11.2. The average molecular weight is 292 g/mol. The quantitative estimate of drug-likeness (QED) is 0.746. The van der Waals surface area contributed by atoms with Crippen LogP contribution in [0.4, 0.5) is 0 Å². The third-order valence-corrected chi connectivity index (χ3v) is 3.86. The van der Waals surface area contributed by atoms with E-state index in [0.29, 0.717) is 11.6 Å². The smallest absolute Gasteiger partial charge is 0.265 e.